The first-order chi connectivity index (χ1) is 12.3. The maximum atomic E-state index is 12.6. The van der Waals surface area contributed by atoms with Crippen LogP contribution in [0.1, 0.15) is 33.3 Å². The summed E-state index contributed by atoms with van der Waals surface area (Å²) in [5, 5.41) is 2.90. The molecule has 1 heterocycles. The fourth-order valence-corrected chi connectivity index (χ4v) is 2.74. The molecule has 0 saturated carbocycles. The Bertz CT molecular complexity index is 825. The summed E-state index contributed by atoms with van der Waals surface area (Å²) >= 11 is 0. The molecule has 0 radical (unpaired) electrons. The van der Waals surface area contributed by atoms with E-state index in [1.807, 2.05) is 57.2 Å². The highest BCUT2D eigenvalue weighted by Gasteiger charge is 2.32. The Labute approximate surface area is 154 Å². The van der Waals surface area contributed by atoms with Gasteiger partial charge in [0.15, 0.2) is 6.10 Å². The van der Waals surface area contributed by atoms with E-state index in [2.05, 4.69) is 5.32 Å². The second-order valence-electron chi connectivity index (χ2n) is 7.56. The van der Waals surface area contributed by atoms with Gasteiger partial charge < -0.3 is 15.0 Å². The first kappa shape index (κ1) is 18.0. The van der Waals surface area contributed by atoms with Crippen molar-refractivity contribution in [2.45, 2.75) is 40.3 Å². The molecular formula is C21H24N2O3. The van der Waals surface area contributed by atoms with E-state index in [0.717, 1.165) is 5.56 Å². The molecule has 1 aliphatic heterocycles. The van der Waals surface area contributed by atoms with Crippen LogP contribution in [-0.4, -0.2) is 17.9 Å². The molecular weight excluding hydrogens is 328 g/mol. The lowest BCUT2D eigenvalue weighted by atomic mass is 9.95. The summed E-state index contributed by atoms with van der Waals surface area (Å²) in [6, 6.07) is 15.2. The zero-order valence-corrected chi connectivity index (χ0v) is 15.6. The lowest BCUT2D eigenvalue weighted by Crippen LogP contribution is -2.44. The molecule has 1 N–H and O–H groups in total. The molecule has 5 heteroatoms. The molecule has 0 aromatic heterocycles. The van der Waals surface area contributed by atoms with Gasteiger partial charge in [-0.2, -0.15) is 0 Å². The van der Waals surface area contributed by atoms with E-state index in [1.165, 1.54) is 0 Å². The van der Waals surface area contributed by atoms with Gasteiger partial charge in [0.2, 0.25) is 5.91 Å². The Hall–Kier alpha value is -2.82. The highest BCUT2D eigenvalue weighted by atomic mass is 16.5. The van der Waals surface area contributed by atoms with Gasteiger partial charge in [0.25, 0.3) is 5.91 Å². The molecule has 1 aliphatic rings. The maximum Gasteiger partial charge on any atom is 0.268 e. The number of carbonyl (C=O) groups is 2. The van der Waals surface area contributed by atoms with Crippen LogP contribution in [0.25, 0.3) is 0 Å². The Morgan fingerprint density at radius 3 is 2.50 bits per heavy atom. The molecule has 1 atom stereocenters. The van der Waals surface area contributed by atoms with Gasteiger partial charge in [0.05, 0.1) is 12.2 Å². The summed E-state index contributed by atoms with van der Waals surface area (Å²) in [5.74, 6) is 0.450. The number of anilines is 2. The quantitative estimate of drug-likeness (QED) is 0.909. The maximum absolute atomic E-state index is 12.6. The van der Waals surface area contributed by atoms with E-state index in [4.69, 9.17) is 4.74 Å². The first-order valence-electron chi connectivity index (χ1n) is 8.73. The lowest BCUT2D eigenvalue weighted by Gasteiger charge is -2.33. The van der Waals surface area contributed by atoms with Gasteiger partial charge in [0, 0.05) is 17.2 Å². The van der Waals surface area contributed by atoms with Crippen LogP contribution in [0.4, 0.5) is 11.4 Å². The molecule has 1 unspecified atom stereocenters. The Morgan fingerprint density at radius 2 is 1.85 bits per heavy atom. The number of fused-ring (bicyclic) bond motifs is 1. The van der Waals surface area contributed by atoms with E-state index in [0.29, 0.717) is 23.7 Å². The number of hydrogen-bond donors (Lipinski definition) is 1. The van der Waals surface area contributed by atoms with Crippen LogP contribution in [0.5, 0.6) is 5.75 Å². The van der Waals surface area contributed by atoms with Crippen LogP contribution in [0.15, 0.2) is 48.5 Å². The van der Waals surface area contributed by atoms with E-state index >= 15 is 0 Å². The minimum atomic E-state index is -0.570. The summed E-state index contributed by atoms with van der Waals surface area (Å²) in [5.41, 5.74) is 1.93. The Morgan fingerprint density at radius 1 is 1.15 bits per heavy atom. The number of hydrogen-bond acceptors (Lipinski definition) is 3. The van der Waals surface area contributed by atoms with Crippen molar-refractivity contribution in [2.75, 3.05) is 10.2 Å². The summed E-state index contributed by atoms with van der Waals surface area (Å²) in [4.78, 5) is 26.6. The Balaban J connectivity index is 1.89. The van der Waals surface area contributed by atoms with Crippen molar-refractivity contribution >= 4 is 23.2 Å². The van der Waals surface area contributed by atoms with Gasteiger partial charge in [-0.3, -0.25) is 9.59 Å². The van der Waals surface area contributed by atoms with E-state index in [1.54, 1.807) is 24.0 Å². The topological polar surface area (TPSA) is 58.6 Å². The van der Waals surface area contributed by atoms with Gasteiger partial charge in [-0.25, -0.2) is 0 Å². The molecule has 0 bridgehead atoms. The van der Waals surface area contributed by atoms with E-state index < -0.39 is 11.5 Å². The number of carbonyl (C=O) groups excluding carboxylic acids is 2. The number of amides is 2. The summed E-state index contributed by atoms with van der Waals surface area (Å²) in [7, 11) is 0. The van der Waals surface area contributed by atoms with Crippen molar-refractivity contribution in [1.82, 2.24) is 0 Å². The molecule has 0 saturated heterocycles. The summed E-state index contributed by atoms with van der Waals surface area (Å²) in [6.07, 6.45) is -0.570. The zero-order chi connectivity index (χ0) is 18.9. The van der Waals surface area contributed by atoms with Gasteiger partial charge in [-0.05, 0) is 24.6 Å². The molecule has 0 spiro atoms. The molecule has 5 nitrogen and oxygen atoms in total. The standard InChI is InChI=1S/C21H24N2O3/c1-14-19(24)23(13-15-8-6-5-7-9-15)17-11-10-16(12-18(17)26-14)22-20(25)21(2,3)4/h5-12,14H,13H2,1-4H3,(H,22,25). The van der Waals surface area contributed by atoms with Gasteiger partial charge in [-0.15, -0.1) is 0 Å². The van der Waals surface area contributed by atoms with Crippen molar-refractivity contribution in [1.29, 1.82) is 0 Å². The molecule has 2 aromatic rings. The number of benzene rings is 2. The molecule has 0 fully saturated rings. The average Bonchev–Trinajstić information content (AvgIpc) is 2.59. The van der Waals surface area contributed by atoms with Crippen molar-refractivity contribution in [2.24, 2.45) is 5.41 Å². The lowest BCUT2D eigenvalue weighted by molar-refractivity contribution is -0.125. The highest BCUT2D eigenvalue weighted by molar-refractivity contribution is 6.01. The number of nitrogens with zero attached hydrogens (tertiary/aromatic N) is 1. The highest BCUT2D eigenvalue weighted by Crippen LogP contribution is 2.37. The van der Waals surface area contributed by atoms with Crippen LogP contribution in [0.2, 0.25) is 0 Å². The predicted octanol–water partition coefficient (Wildman–Crippen LogP) is 3.99. The summed E-state index contributed by atoms with van der Waals surface area (Å²) < 4.78 is 5.78. The van der Waals surface area contributed by atoms with E-state index in [-0.39, 0.29) is 11.8 Å². The SMILES string of the molecule is CC1Oc2cc(NC(=O)C(C)(C)C)ccc2N(Cc2ccccc2)C1=O. The molecule has 26 heavy (non-hydrogen) atoms. The predicted molar refractivity (Wildman–Crippen MR) is 102 cm³/mol. The summed E-state index contributed by atoms with van der Waals surface area (Å²) in [6.45, 7) is 7.80. The minimum absolute atomic E-state index is 0.0708. The fourth-order valence-electron chi connectivity index (χ4n) is 2.74. The fraction of sp³-hybridized carbons (Fsp3) is 0.333. The number of rotatable bonds is 3. The monoisotopic (exact) mass is 352 g/mol. The first-order valence-corrected chi connectivity index (χ1v) is 8.73. The van der Waals surface area contributed by atoms with E-state index in [9.17, 15) is 9.59 Å². The van der Waals surface area contributed by atoms with Gasteiger partial charge >= 0.3 is 0 Å². The molecule has 2 aromatic carbocycles. The molecule has 2 amide bonds. The van der Waals surface area contributed by atoms with Gasteiger partial charge in [0.1, 0.15) is 5.75 Å². The Kier molecular flexibility index (Phi) is 4.72. The van der Waals surface area contributed by atoms with Crippen molar-refractivity contribution in [3.8, 4) is 5.75 Å². The third-order valence-electron chi connectivity index (χ3n) is 4.29. The molecule has 3 rings (SSSR count). The largest absolute Gasteiger partial charge is 0.479 e. The molecule has 136 valence electrons. The van der Waals surface area contributed by atoms with Crippen molar-refractivity contribution in [3.63, 3.8) is 0 Å². The van der Waals surface area contributed by atoms with Crippen molar-refractivity contribution < 1.29 is 14.3 Å². The zero-order valence-electron chi connectivity index (χ0n) is 15.6. The normalized spacial score (nSPS) is 16.7. The third kappa shape index (κ3) is 3.72. The second-order valence-corrected chi connectivity index (χ2v) is 7.56. The van der Waals surface area contributed by atoms with Crippen LogP contribution >= 0.6 is 0 Å². The van der Waals surface area contributed by atoms with Crippen LogP contribution < -0.4 is 15.0 Å². The smallest absolute Gasteiger partial charge is 0.268 e. The number of ether oxygens (including phenoxy) is 1. The van der Waals surface area contributed by atoms with Crippen LogP contribution in [-0.2, 0) is 16.1 Å². The van der Waals surface area contributed by atoms with Gasteiger partial charge in [-0.1, -0.05) is 51.1 Å². The van der Waals surface area contributed by atoms with Crippen molar-refractivity contribution in [3.05, 3.63) is 54.1 Å². The number of nitrogens with one attached hydrogen (secondary N) is 1. The molecule has 0 aliphatic carbocycles. The third-order valence-corrected chi connectivity index (χ3v) is 4.29. The van der Waals surface area contributed by atoms with Crippen LogP contribution in [0.3, 0.4) is 0 Å². The second kappa shape index (κ2) is 6.83. The van der Waals surface area contributed by atoms with Crippen LogP contribution in [0, 0.1) is 5.41 Å². The minimum Gasteiger partial charge on any atom is -0.479 e. The average molecular weight is 352 g/mol.